The number of aryl methyl sites for hydroxylation is 1. The van der Waals surface area contributed by atoms with Crippen molar-refractivity contribution in [2.24, 2.45) is 0 Å². The third-order valence-corrected chi connectivity index (χ3v) is 3.59. The zero-order valence-electron chi connectivity index (χ0n) is 12.2. The molecule has 0 radical (unpaired) electrons. The molecule has 1 aromatic carbocycles. The molecule has 0 spiro atoms. The zero-order chi connectivity index (χ0) is 14.4. The molecule has 0 amide bonds. The third-order valence-electron chi connectivity index (χ3n) is 3.42. The molecule has 0 aliphatic carbocycles. The number of hydrogen-bond acceptors (Lipinski definition) is 3. The lowest BCUT2D eigenvalue weighted by Gasteiger charge is -2.19. The first-order valence-electron chi connectivity index (χ1n) is 7.01. The molecule has 0 aliphatic heterocycles. The molecule has 0 aliphatic rings. The molecule has 1 heterocycles. The predicted octanol–water partition coefficient (Wildman–Crippen LogP) is 2.74. The minimum atomic E-state index is 0.621. The van der Waals surface area contributed by atoms with Gasteiger partial charge in [-0.15, -0.1) is 11.6 Å². The second-order valence-corrected chi connectivity index (χ2v) is 5.12. The van der Waals surface area contributed by atoms with Crippen LogP contribution in [-0.4, -0.2) is 47.4 Å². The Balaban J connectivity index is 2.22. The molecule has 0 saturated carbocycles. The van der Waals surface area contributed by atoms with Crippen LogP contribution in [0.25, 0.3) is 10.9 Å². The molecular weight excluding hydrogens is 274 g/mol. The van der Waals surface area contributed by atoms with Gasteiger partial charge in [-0.25, -0.2) is 0 Å². The van der Waals surface area contributed by atoms with Gasteiger partial charge in [-0.05, 0) is 13.0 Å². The van der Waals surface area contributed by atoms with Gasteiger partial charge in [0, 0.05) is 44.6 Å². The SMILES string of the molecule is CCn1nc(CN(CCCl)CCOC)c2ccccc21. The average molecular weight is 296 g/mol. The van der Waals surface area contributed by atoms with E-state index >= 15 is 0 Å². The highest BCUT2D eigenvalue weighted by molar-refractivity contribution is 6.18. The summed E-state index contributed by atoms with van der Waals surface area (Å²) in [5, 5.41) is 5.96. The molecule has 4 nitrogen and oxygen atoms in total. The van der Waals surface area contributed by atoms with Gasteiger partial charge >= 0.3 is 0 Å². The summed E-state index contributed by atoms with van der Waals surface area (Å²) >= 11 is 5.88. The molecule has 110 valence electrons. The topological polar surface area (TPSA) is 30.3 Å². The minimum absolute atomic E-state index is 0.621. The summed E-state index contributed by atoms with van der Waals surface area (Å²) in [6.07, 6.45) is 0. The number of halogens is 1. The first-order chi connectivity index (χ1) is 9.80. The Kier molecular flexibility index (Phi) is 5.83. The van der Waals surface area contributed by atoms with Crippen LogP contribution in [0.2, 0.25) is 0 Å². The van der Waals surface area contributed by atoms with Crippen LogP contribution < -0.4 is 0 Å². The van der Waals surface area contributed by atoms with E-state index in [1.54, 1.807) is 7.11 Å². The summed E-state index contributed by atoms with van der Waals surface area (Å²) in [4.78, 5) is 2.28. The summed E-state index contributed by atoms with van der Waals surface area (Å²) in [6, 6.07) is 8.38. The summed E-state index contributed by atoms with van der Waals surface area (Å²) < 4.78 is 7.22. The smallest absolute Gasteiger partial charge is 0.0843 e. The number of fused-ring (bicyclic) bond motifs is 1. The maximum absolute atomic E-state index is 5.88. The van der Waals surface area contributed by atoms with Gasteiger partial charge in [0.25, 0.3) is 0 Å². The van der Waals surface area contributed by atoms with E-state index in [2.05, 4.69) is 40.8 Å². The Hall–Kier alpha value is -1.10. The number of alkyl halides is 1. The Morgan fingerprint density at radius 3 is 2.80 bits per heavy atom. The largest absolute Gasteiger partial charge is 0.383 e. The van der Waals surface area contributed by atoms with Gasteiger partial charge in [-0.3, -0.25) is 9.58 Å². The van der Waals surface area contributed by atoms with Crippen molar-refractivity contribution in [3.8, 4) is 0 Å². The van der Waals surface area contributed by atoms with Crippen molar-refractivity contribution in [2.45, 2.75) is 20.0 Å². The van der Waals surface area contributed by atoms with Crippen molar-refractivity contribution in [1.29, 1.82) is 0 Å². The molecule has 2 aromatic rings. The average Bonchev–Trinajstić information content (AvgIpc) is 2.83. The number of methoxy groups -OCH3 is 1. The van der Waals surface area contributed by atoms with E-state index in [4.69, 9.17) is 21.4 Å². The van der Waals surface area contributed by atoms with E-state index in [0.717, 1.165) is 31.9 Å². The summed E-state index contributed by atoms with van der Waals surface area (Å²) in [5.41, 5.74) is 2.31. The molecule has 5 heteroatoms. The standard InChI is InChI=1S/C15H22ClN3O/c1-3-19-15-7-5-4-6-13(15)14(17-19)12-18(9-8-16)10-11-20-2/h4-7H,3,8-12H2,1-2H3. The number of para-hydroxylation sites is 1. The van der Waals surface area contributed by atoms with Gasteiger partial charge in [0.05, 0.1) is 17.8 Å². The van der Waals surface area contributed by atoms with E-state index in [1.807, 2.05) is 0 Å². The Bertz CT molecular complexity index is 541. The maximum atomic E-state index is 5.88. The highest BCUT2D eigenvalue weighted by atomic mass is 35.5. The van der Waals surface area contributed by atoms with Crippen LogP contribution >= 0.6 is 11.6 Å². The molecule has 2 rings (SSSR count). The number of nitrogens with zero attached hydrogens (tertiary/aromatic N) is 3. The van der Waals surface area contributed by atoms with E-state index in [9.17, 15) is 0 Å². The Morgan fingerprint density at radius 1 is 1.30 bits per heavy atom. The van der Waals surface area contributed by atoms with E-state index < -0.39 is 0 Å². The number of rotatable bonds is 8. The lowest BCUT2D eigenvalue weighted by Crippen LogP contribution is -2.29. The molecule has 0 N–H and O–H groups in total. The quantitative estimate of drug-likeness (QED) is 0.702. The molecule has 1 aromatic heterocycles. The number of aromatic nitrogens is 2. The van der Waals surface area contributed by atoms with Crippen LogP contribution in [0.1, 0.15) is 12.6 Å². The van der Waals surface area contributed by atoms with Crippen LogP contribution in [-0.2, 0) is 17.8 Å². The van der Waals surface area contributed by atoms with Gasteiger partial charge in [0.1, 0.15) is 0 Å². The van der Waals surface area contributed by atoms with Crippen LogP contribution in [0.3, 0.4) is 0 Å². The molecule has 0 unspecified atom stereocenters. The normalized spacial score (nSPS) is 11.6. The molecular formula is C15H22ClN3O. The fraction of sp³-hybridized carbons (Fsp3) is 0.533. The maximum Gasteiger partial charge on any atom is 0.0843 e. The number of hydrogen-bond donors (Lipinski definition) is 0. The van der Waals surface area contributed by atoms with Crippen LogP contribution in [0.4, 0.5) is 0 Å². The Labute approximate surface area is 125 Å². The minimum Gasteiger partial charge on any atom is -0.383 e. The third kappa shape index (κ3) is 3.51. The van der Waals surface area contributed by atoms with Gasteiger partial charge < -0.3 is 4.74 Å². The van der Waals surface area contributed by atoms with Crippen LogP contribution in [0, 0.1) is 0 Å². The molecule has 0 bridgehead atoms. The summed E-state index contributed by atoms with van der Waals surface area (Å²) in [7, 11) is 1.72. The van der Waals surface area contributed by atoms with Crippen molar-refractivity contribution in [3.63, 3.8) is 0 Å². The highest BCUT2D eigenvalue weighted by Crippen LogP contribution is 2.19. The van der Waals surface area contributed by atoms with Crippen molar-refractivity contribution in [2.75, 3.05) is 32.7 Å². The summed E-state index contributed by atoms with van der Waals surface area (Å²) in [5.74, 6) is 0.621. The van der Waals surface area contributed by atoms with Crippen LogP contribution in [0.15, 0.2) is 24.3 Å². The van der Waals surface area contributed by atoms with Crippen molar-refractivity contribution in [1.82, 2.24) is 14.7 Å². The second kappa shape index (κ2) is 7.62. The monoisotopic (exact) mass is 295 g/mol. The molecule has 0 saturated heterocycles. The first-order valence-corrected chi connectivity index (χ1v) is 7.55. The van der Waals surface area contributed by atoms with Crippen LogP contribution in [0.5, 0.6) is 0 Å². The fourth-order valence-corrected chi connectivity index (χ4v) is 2.61. The highest BCUT2D eigenvalue weighted by Gasteiger charge is 2.13. The second-order valence-electron chi connectivity index (χ2n) is 4.74. The van der Waals surface area contributed by atoms with E-state index in [1.165, 1.54) is 10.9 Å². The number of ether oxygens (including phenoxy) is 1. The van der Waals surface area contributed by atoms with E-state index in [0.29, 0.717) is 12.5 Å². The van der Waals surface area contributed by atoms with Gasteiger partial charge in [0.2, 0.25) is 0 Å². The van der Waals surface area contributed by atoms with Crippen molar-refractivity contribution >= 4 is 22.5 Å². The molecule has 0 fully saturated rings. The molecule has 0 atom stereocenters. The zero-order valence-corrected chi connectivity index (χ0v) is 12.9. The molecule has 20 heavy (non-hydrogen) atoms. The van der Waals surface area contributed by atoms with E-state index in [-0.39, 0.29) is 0 Å². The first kappa shape index (κ1) is 15.3. The Morgan fingerprint density at radius 2 is 2.10 bits per heavy atom. The lowest BCUT2D eigenvalue weighted by molar-refractivity contribution is 0.147. The van der Waals surface area contributed by atoms with Gasteiger partial charge in [0.15, 0.2) is 0 Å². The van der Waals surface area contributed by atoms with Gasteiger partial charge in [-0.2, -0.15) is 5.10 Å². The fourth-order valence-electron chi connectivity index (χ4n) is 2.38. The van der Waals surface area contributed by atoms with Crippen molar-refractivity contribution in [3.05, 3.63) is 30.0 Å². The number of benzene rings is 1. The predicted molar refractivity (Wildman–Crippen MR) is 83.3 cm³/mol. The van der Waals surface area contributed by atoms with Crippen molar-refractivity contribution < 1.29 is 4.74 Å². The van der Waals surface area contributed by atoms with Gasteiger partial charge in [-0.1, -0.05) is 18.2 Å². The lowest BCUT2D eigenvalue weighted by atomic mass is 10.2. The summed E-state index contributed by atoms with van der Waals surface area (Å²) in [6.45, 7) is 6.24.